The highest BCUT2D eigenvalue weighted by atomic mass is 16.3. The van der Waals surface area contributed by atoms with Crippen LogP contribution in [0, 0.1) is 5.92 Å². The fourth-order valence-electron chi connectivity index (χ4n) is 2.23. The average molecular weight is 234 g/mol. The van der Waals surface area contributed by atoms with Crippen molar-refractivity contribution < 1.29 is 9.90 Å². The van der Waals surface area contributed by atoms with Gasteiger partial charge in [-0.15, -0.1) is 0 Å². The number of nitrogens with zero attached hydrogens (tertiary/aromatic N) is 1. The summed E-state index contributed by atoms with van der Waals surface area (Å²) >= 11 is 0. The lowest BCUT2D eigenvalue weighted by Gasteiger charge is -2.24. The standard InChI is InChI=1S/C13H18N2O2/c14-8-10-3-1-6-13(17)15(9-10)11-4-2-5-12(16)7-11/h2,4-5,7,10,16H,1,3,6,8-9,14H2. The molecule has 0 aromatic heterocycles. The van der Waals surface area contributed by atoms with Crippen molar-refractivity contribution in [3.05, 3.63) is 24.3 Å². The molecule has 1 aliphatic rings. The molecular weight excluding hydrogens is 216 g/mol. The molecule has 0 bridgehead atoms. The maximum Gasteiger partial charge on any atom is 0.226 e. The van der Waals surface area contributed by atoms with Crippen molar-refractivity contribution in [2.24, 2.45) is 11.7 Å². The summed E-state index contributed by atoms with van der Waals surface area (Å²) in [6.07, 6.45) is 2.46. The molecule has 1 atom stereocenters. The molecule has 1 saturated heterocycles. The number of benzene rings is 1. The van der Waals surface area contributed by atoms with Crippen molar-refractivity contribution in [1.82, 2.24) is 0 Å². The summed E-state index contributed by atoms with van der Waals surface area (Å²) in [7, 11) is 0. The highest BCUT2D eigenvalue weighted by Gasteiger charge is 2.23. The molecule has 4 nitrogen and oxygen atoms in total. The molecule has 1 aliphatic heterocycles. The number of aromatic hydroxyl groups is 1. The summed E-state index contributed by atoms with van der Waals surface area (Å²) in [6.45, 7) is 1.25. The monoisotopic (exact) mass is 234 g/mol. The molecule has 0 spiro atoms. The SMILES string of the molecule is NCC1CCCC(=O)N(c2cccc(O)c2)C1. The zero-order valence-electron chi connectivity index (χ0n) is 9.80. The van der Waals surface area contributed by atoms with Crippen LogP contribution in [0.5, 0.6) is 5.75 Å². The van der Waals surface area contributed by atoms with Crippen LogP contribution in [-0.2, 0) is 4.79 Å². The molecule has 0 aliphatic carbocycles. The van der Waals surface area contributed by atoms with Crippen molar-refractivity contribution in [3.63, 3.8) is 0 Å². The number of amides is 1. The molecule has 4 heteroatoms. The molecule has 92 valence electrons. The number of carbonyl (C=O) groups excluding carboxylic acids is 1. The number of phenols is 1. The first-order valence-electron chi connectivity index (χ1n) is 6.00. The molecule has 1 amide bonds. The minimum Gasteiger partial charge on any atom is -0.508 e. The Morgan fingerprint density at radius 1 is 1.47 bits per heavy atom. The van der Waals surface area contributed by atoms with E-state index in [1.807, 2.05) is 6.07 Å². The van der Waals surface area contributed by atoms with Gasteiger partial charge in [0.15, 0.2) is 0 Å². The van der Waals surface area contributed by atoms with Gasteiger partial charge in [-0.25, -0.2) is 0 Å². The van der Waals surface area contributed by atoms with Crippen molar-refractivity contribution >= 4 is 11.6 Å². The van der Waals surface area contributed by atoms with E-state index >= 15 is 0 Å². The fourth-order valence-corrected chi connectivity index (χ4v) is 2.23. The van der Waals surface area contributed by atoms with Gasteiger partial charge in [-0.1, -0.05) is 6.07 Å². The zero-order valence-corrected chi connectivity index (χ0v) is 9.80. The van der Waals surface area contributed by atoms with E-state index in [2.05, 4.69) is 0 Å². The Kier molecular flexibility index (Phi) is 3.64. The summed E-state index contributed by atoms with van der Waals surface area (Å²) in [4.78, 5) is 13.7. The Labute approximate surface area is 101 Å². The number of rotatable bonds is 2. The molecule has 1 fully saturated rings. The minimum atomic E-state index is 0.117. The number of hydrogen-bond donors (Lipinski definition) is 2. The first-order chi connectivity index (χ1) is 8.20. The number of hydrogen-bond acceptors (Lipinski definition) is 3. The highest BCUT2D eigenvalue weighted by molar-refractivity contribution is 5.93. The first-order valence-corrected chi connectivity index (χ1v) is 6.00. The summed E-state index contributed by atoms with van der Waals surface area (Å²) in [5.74, 6) is 0.652. The Bertz CT molecular complexity index is 406. The second kappa shape index (κ2) is 5.19. The lowest BCUT2D eigenvalue weighted by Crippen LogP contribution is -2.35. The molecule has 0 radical (unpaired) electrons. The summed E-state index contributed by atoms with van der Waals surface area (Å²) in [6, 6.07) is 6.82. The Hall–Kier alpha value is -1.55. The maximum atomic E-state index is 12.0. The summed E-state index contributed by atoms with van der Waals surface area (Å²) in [5.41, 5.74) is 6.46. The predicted octanol–water partition coefficient (Wildman–Crippen LogP) is 1.48. The van der Waals surface area contributed by atoms with Gasteiger partial charge in [0.05, 0.1) is 0 Å². The third kappa shape index (κ3) is 2.77. The van der Waals surface area contributed by atoms with E-state index in [0.29, 0.717) is 25.4 Å². The normalized spacial score (nSPS) is 21.4. The van der Waals surface area contributed by atoms with Gasteiger partial charge in [-0.2, -0.15) is 0 Å². The van der Waals surface area contributed by atoms with Crippen molar-refractivity contribution in [1.29, 1.82) is 0 Å². The second-order valence-electron chi connectivity index (χ2n) is 4.52. The van der Waals surface area contributed by atoms with Crippen LogP contribution in [0.25, 0.3) is 0 Å². The Morgan fingerprint density at radius 2 is 2.29 bits per heavy atom. The summed E-state index contributed by atoms with van der Waals surface area (Å²) < 4.78 is 0. The lowest BCUT2D eigenvalue weighted by atomic mass is 10.0. The fraction of sp³-hybridized carbons (Fsp3) is 0.462. The Balaban J connectivity index is 2.24. The zero-order chi connectivity index (χ0) is 12.3. The first kappa shape index (κ1) is 11.9. The molecule has 1 unspecified atom stereocenters. The number of anilines is 1. The molecule has 17 heavy (non-hydrogen) atoms. The molecule has 0 saturated carbocycles. The minimum absolute atomic E-state index is 0.117. The van der Waals surface area contributed by atoms with Crippen LogP contribution in [0.4, 0.5) is 5.69 Å². The van der Waals surface area contributed by atoms with E-state index in [1.54, 1.807) is 23.1 Å². The Morgan fingerprint density at radius 3 is 3.00 bits per heavy atom. The molecule has 1 aromatic carbocycles. The van der Waals surface area contributed by atoms with Crippen LogP contribution in [0.3, 0.4) is 0 Å². The van der Waals surface area contributed by atoms with Gasteiger partial charge in [0.2, 0.25) is 5.91 Å². The number of phenolic OH excluding ortho intramolecular Hbond substituents is 1. The maximum absolute atomic E-state index is 12.0. The van der Waals surface area contributed by atoms with E-state index in [9.17, 15) is 9.90 Å². The number of nitrogens with two attached hydrogens (primary N) is 1. The van der Waals surface area contributed by atoms with Gasteiger partial charge in [0.1, 0.15) is 5.75 Å². The number of carbonyl (C=O) groups is 1. The van der Waals surface area contributed by atoms with Crippen molar-refractivity contribution in [3.8, 4) is 5.75 Å². The third-order valence-electron chi connectivity index (χ3n) is 3.22. The topological polar surface area (TPSA) is 66.6 Å². The van der Waals surface area contributed by atoms with Crippen LogP contribution >= 0.6 is 0 Å². The highest BCUT2D eigenvalue weighted by Crippen LogP contribution is 2.25. The molecule has 2 rings (SSSR count). The van der Waals surface area contributed by atoms with Crippen LogP contribution in [0.2, 0.25) is 0 Å². The van der Waals surface area contributed by atoms with Gasteiger partial charge < -0.3 is 15.7 Å². The van der Waals surface area contributed by atoms with E-state index in [4.69, 9.17) is 5.73 Å². The van der Waals surface area contributed by atoms with Crippen LogP contribution < -0.4 is 10.6 Å². The molecular formula is C13H18N2O2. The summed E-state index contributed by atoms with van der Waals surface area (Å²) in [5, 5.41) is 9.46. The largest absolute Gasteiger partial charge is 0.508 e. The predicted molar refractivity (Wildman–Crippen MR) is 66.9 cm³/mol. The van der Waals surface area contributed by atoms with Gasteiger partial charge >= 0.3 is 0 Å². The molecule has 1 aromatic rings. The average Bonchev–Trinajstić information content (AvgIpc) is 2.51. The van der Waals surface area contributed by atoms with Crippen LogP contribution in [-0.4, -0.2) is 24.1 Å². The smallest absolute Gasteiger partial charge is 0.226 e. The van der Waals surface area contributed by atoms with Crippen molar-refractivity contribution in [2.45, 2.75) is 19.3 Å². The third-order valence-corrected chi connectivity index (χ3v) is 3.22. The van der Waals surface area contributed by atoms with Gasteiger partial charge in [0, 0.05) is 24.7 Å². The van der Waals surface area contributed by atoms with Crippen LogP contribution in [0.1, 0.15) is 19.3 Å². The van der Waals surface area contributed by atoms with Crippen molar-refractivity contribution in [2.75, 3.05) is 18.0 Å². The lowest BCUT2D eigenvalue weighted by molar-refractivity contribution is -0.118. The van der Waals surface area contributed by atoms with Gasteiger partial charge in [-0.3, -0.25) is 4.79 Å². The quantitative estimate of drug-likeness (QED) is 0.814. The van der Waals surface area contributed by atoms with Gasteiger partial charge in [-0.05, 0) is 37.4 Å². The molecule has 1 heterocycles. The van der Waals surface area contributed by atoms with Crippen LogP contribution in [0.15, 0.2) is 24.3 Å². The second-order valence-corrected chi connectivity index (χ2v) is 4.52. The molecule has 3 N–H and O–H groups in total. The van der Waals surface area contributed by atoms with Gasteiger partial charge in [0.25, 0.3) is 0 Å². The van der Waals surface area contributed by atoms with E-state index in [1.165, 1.54) is 0 Å². The van der Waals surface area contributed by atoms with E-state index in [0.717, 1.165) is 18.5 Å². The van der Waals surface area contributed by atoms with E-state index < -0.39 is 0 Å². The van der Waals surface area contributed by atoms with E-state index in [-0.39, 0.29) is 11.7 Å².